The molecular formula is C17H21Cl2NO4. The highest BCUT2D eigenvalue weighted by atomic mass is 35.5. The highest BCUT2D eigenvalue weighted by molar-refractivity contribution is 6.34. The van der Waals surface area contributed by atoms with Crippen LogP contribution in [-0.4, -0.2) is 41.1 Å². The molecule has 1 aliphatic rings. The van der Waals surface area contributed by atoms with Crippen molar-refractivity contribution in [3.63, 3.8) is 0 Å². The minimum Gasteiger partial charge on any atom is -0.481 e. The van der Waals surface area contributed by atoms with Gasteiger partial charge in [0.05, 0.1) is 0 Å². The van der Waals surface area contributed by atoms with E-state index in [1.165, 1.54) is 0 Å². The molecule has 1 saturated heterocycles. The summed E-state index contributed by atoms with van der Waals surface area (Å²) >= 11 is 11.9. The Labute approximate surface area is 151 Å². The van der Waals surface area contributed by atoms with Crippen LogP contribution in [0.2, 0.25) is 10.0 Å². The number of benzene rings is 1. The Bertz CT molecular complexity index is 588. The average molecular weight is 374 g/mol. The van der Waals surface area contributed by atoms with Gasteiger partial charge in [0.25, 0.3) is 5.91 Å². The van der Waals surface area contributed by atoms with Crippen LogP contribution in [0.15, 0.2) is 18.2 Å². The molecule has 1 heterocycles. The Morgan fingerprint density at radius 1 is 1.33 bits per heavy atom. The first kappa shape index (κ1) is 18.9. The Balaban J connectivity index is 1.93. The highest BCUT2D eigenvalue weighted by Gasteiger charge is 2.28. The maximum absolute atomic E-state index is 12.6. The lowest BCUT2D eigenvalue weighted by molar-refractivity contribution is -0.140. The lowest BCUT2D eigenvalue weighted by Gasteiger charge is -2.34. The number of likely N-dealkylation sites (tertiary alicyclic amines) is 1. The molecule has 1 aromatic carbocycles. The van der Waals surface area contributed by atoms with E-state index in [4.69, 9.17) is 33.0 Å². The number of carboxylic acids is 1. The normalized spacial score (nSPS) is 19.0. The van der Waals surface area contributed by atoms with Crippen molar-refractivity contribution in [1.29, 1.82) is 0 Å². The summed E-state index contributed by atoms with van der Waals surface area (Å²) in [6, 6.07) is 4.83. The maximum Gasteiger partial charge on any atom is 0.303 e. The van der Waals surface area contributed by atoms with Gasteiger partial charge < -0.3 is 14.7 Å². The largest absolute Gasteiger partial charge is 0.481 e. The Kier molecular flexibility index (Phi) is 6.75. The second-order valence-electron chi connectivity index (χ2n) is 6.09. The van der Waals surface area contributed by atoms with Gasteiger partial charge >= 0.3 is 5.97 Å². The van der Waals surface area contributed by atoms with Crippen LogP contribution < -0.4 is 4.74 Å². The third-order valence-corrected chi connectivity index (χ3v) is 4.53. The zero-order chi connectivity index (χ0) is 17.7. The van der Waals surface area contributed by atoms with Crippen molar-refractivity contribution >= 4 is 35.1 Å². The second-order valence-corrected chi connectivity index (χ2v) is 6.96. The number of carboxylic acid groups (broad SMARTS) is 1. The number of halogens is 2. The van der Waals surface area contributed by atoms with Crippen LogP contribution in [0.4, 0.5) is 0 Å². The van der Waals surface area contributed by atoms with Crippen molar-refractivity contribution in [3.05, 3.63) is 28.2 Å². The smallest absolute Gasteiger partial charge is 0.303 e. The van der Waals surface area contributed by atoms with Gasteiger partial charge in [-0.15, -0.1) is 0 Å². The van der Waals surface area contributed by atoms with Crippen LogP contribution in [0, 0.1) is 5.92 Å². The number of carbonyl (C=O) groups excluding carboxylic acids is 1. The zero-order valence-electron chi connectivity index (χ0n) is 13.5. The van der Waals surface area contributed by atoms with E-state index in [1.54, 1.807) is 30.0 Å². The van der Waals surface area contributed by atoms with Crippen LogP contribution in [0.1, 0.15) is 32.6 Å². The summed E-state index contributed by atoms with van der Waals surface area (Å²) < 4.78 is 5.67. The maximum atomic E-state index is 12.6. The molecule has 0 aliphatic carbocycles. The topological polar surface area (TPSA) is 66.8 Å². The van der Waals surface area contributed by atoms with E-state index < -0.39 is 12.1 Å². The van der Waals surface area contributed by atoms with E-state index in [9.17, 15) is 9.59 Å². The van der Waals surface area contributed by atoms with Gasteiger partial charge in [-0.1, -0.05) is 23.2 Å². The number of rotatable bonds is 6. The lowest BCUT2D eigenvalue weighted by atomic mass is 9.93. The quantitative estimate of drug-likeness (QED) is 0.821. The summed E-state index contributed by atoms with van der Waals surface area (Å²) in [7, 11) is 0. The SMILES string of the molecule is CC(Oc1cc(Cl)cc(Cl)c1)C(=O)N1CCCC(CCC(=O)O)C1. The summed E-state index contributed by atoms with van der Waals surface area (Å²) in [6.45, 7) is 2.94. The summed E-state index contributed by atoms with van der Waals surface area (Å²) in [5, 5.41) is 9.69. The van der Waals surface area contributed by atoms with Crippen molar-refractivity contribution in [2.75, 3.05) is 13.1 Å². The summed E-state index contributed by atoms with van der Waals surface area (Å²) in [5.74, 6) is -0.224. The molecule has 1 aromatic rings. The first-order valence-corrected chi connectivity index (χ1v) is 8.74. The molecule has 1 amide bonds. The number of hydrogen-bond acceptors (Lipinski definition) is 3. The number of ether oxygens (including phenoxy) is 1. The molecule has 0 aromatic heterocycles. The van der Waals surface area contributed by atoms with Gasteiger partial charge in [0, 0.05) is 29.6 Å². The average Bonchev–Trinajstić information content (AvgIpc) is 2.51. The summed E-state index contributed by atoms with van der Waals surface area (Å²) in [4.78, 5) is 25.0. The molecule has 132 valence electrons. The van der Waals surface area contributed by atoms with E-state index in [-0.39, 0.29) is 18.2 Å². The Hall–Kier alpha value is -1.46. The van der Waals surface area contributed by atoms with E-state index >= 15 is 0 Å². The first-order chi connectivity index (χ1) is 11.3. The van der Waals surface area contributed by atoms with Crippen LogP contribution in [0.25, 0.3) is 0 Å². The fourth-order valence-corrected chi connectivity index (χ4v) is 3.44. The molecule has 0 spiro atoms. The first-order valence-electron chi connectivity index (χ1n) is 7.98. The molecule has 0 radical (unpaired) electrons. The Morgan fingerprint density at radius 3 is 2.62 bits per heavy atom. The van der Waals surface area contributed by atoms with Gasteiger partial charge in [0.1, 0.15) is 5.75 Å². The van der Waals surface area contributed by atoms with Gasteiger partial charge in [0.15, 0.2) is 6.10 Å². The van der Waals surface area contributed by atoms with E-state index in [1.807, 2.05) is 0 Å². The Morgan fingerprint density at radius 2 is 2.00 bits per heavy atom. The van der Waals surface area contributed by atoms with Crippen molar-refractivity contribution in [2.45, 2.75) is 38.7 Å². The molecule has 2 unspecified atom stereocenters. The molecule has 1 aliphatic heterocycles. The summed E-state index contributed by atoms with van der Waals surface area (Å²) in [5.41, 5.74) is 0. The van der Waals surface area contributed by atoms with Gasteiger partial charge in [-0.3, -0.25) is 9.59 Å². The predicted octanol–water partition coefficient (Wildman–Crippen LogP) is 3.86. The molecular weight excluding hydrogens is 353 g/mol. The predicted molar refractivity (Wildman–Crippen MR) is 92.7 cm³/mol. The molecule has 0 bridgehead atoms. The molecule has 24 heavy (non-hydrogen) atoms. The van der Waals surface area contributed by atoms with E-state index in [0.29, 0.717) is 35.3 Å². The van der Waals surface area contributed by atoms with E-state index in [0.717, 1.165) is 12.8 Å². The van der Waals surface area contributed by atoms with Crippen LogP contribution in [0.3, 0.4) is 0 Å². The highest BCUT2D eigenvalue weighted by Crippen LogP contribution is 2.26. The van der Waals surface area contributed by atoms with Crippen molar-refractivity contribution in [3.8, 4) is 5.75 Å². The van der Waals surface area contributed by atoms with Crippen molar-refractivity contribution < 1.29 is 19.4 Å². The fraction of sp³-hybridized carbons (Fsp3) is 0.529. The van der Waals surface area contributed by atoms with Crippen molar-refractivity contribution in [1.82, 2.24) is 4.90 Å². The van der Waals surface area contributed by atoms with Gasteiger partial charge in [-0.25, -0.2) is 0 Å². The number of amides is 1. The van der Waals surface area contributed by atoms with Gasteiger partial charge in [-0.05, 0) is 50.3 Å². The van der Waals surface area contributed by atoms with Crippen molar-refractivity contribution in [2.24, 2.45) is 5.92 Å². The molecule has 1 N–H and O–H groups in total. The van der Waals surface area contributed by atoms with Crippen LogP contribution in [-0.2, 0) is 9.59 Å². The van der Waals surface area contributed by atoms with Gasteiger partial charge in [0.2, 0.25) is 0 Å². The molecule has 2 atom stereocenters. The number of carbonyl (C=O) groups is 2. The molecule has 5 nitrogen and oxygen atoms in total. The van der Waals surface area contributed by atoms with Gasteiger partial charge in [-0.2, -0.15) is 0 Å². The third kappa shape index (κ3) is 5.56. The number of aliphatic carboxylic acids is 1. The monoisotopic (exact) mass is 373 g/mol. The standard InChI is InChI=1S/C17H21Cl2NO4/c1-11(24-15-8-13(18)7-14(19)9-15)17(23)20-6-2-3-12(10-20)4-5-16(21)22/h7-9,11-12H,2-6,10H2,1H3,(H,21,22). The van der Waals surface area contributed by atoms with Crippen LogP contribution >= 0.6 is 23.2 Å². The van der Waals surface area contributed by atoms with E-state index in [2.05, 4.69) is 0 Å². The zero-order valence-corrected chi connectivity index (χ0v) is 15.0. The minimum atomic E-state index is -0.798. The molecule has 7 heteroatoms. The second kappa shape index (κ2) is 8.58. The molecule has 1 fully saturated rings. The molecule has 2 rings (SSSR count). The number of hydrogen-bond donors (Lipinski definition) is 1. The third-order valence-electron chi connectivity index (χ3n) is 4.09. The lowest BCUT2D eigenvalue weighted by Crippen LogP contribution is -2.45. The minimum absolute atomic E-state index is 0.105. The summed E-state index contributed by atoms with van der Waals surface area (Å²) in [6.07, 6.45) is 1.91. The number of piperidine rings is 1. The molecule has 0 saturated carbocycles. The van der Waals surface area contributed by atoms with Crippen LogP contribution in [0.5, 0.6) is 5.75 Å². The number of nitrogens with zero attached hydrogens (tertiary/aromatic N) is 1. The fourth-order valence-electron chi connectivity index (χ4n) is 2.94.